The molecule has 2 aromatic rings. The average molecular weight is 397 g/mol. The van der Waals surface area contributed by atoms with E-state index in [0.29, 0.717) is 12.2 Å². The van der Waals surface area contributed by atoms with Crippen LogP contribution in [0.1, 0.15) is 68.3 Å². The van der Waals surface area contributed by atoms with Crippen molar-refractivity contribution >= 4 is 0 Å². The second-order valence-electron chi connectivity index (χ2n) is 8.15. The minimum Gasteiger partial charge on any atom is -0.497 e. The van der Waals surface area contributed by atoms with Crippen LogP contribution in [-0.2, 0) is 9.47 Å². The van der Waals surface area contributed by atoms with Gasteiger partial charge in [0.25, 0.3) is 0 Å². The number of ether oxygens (including phenoxy) is 4. The Balaban J connectivity index is 1.04. The average Bonchev–Trinajstić information content (AvgIpc) is 2.71. The fraction of sp³-hybridized carbons (Fsp3) is 0.520. The van der Waals surface area contributed by atoms with Gasteiger partial charge >= 0.3 is 0 Å². The molecule has 0 bridgehead atoms. The Morgan fingerprint density at radius 2 is 1.03 bits per heavy atom. The quantitative estimate of drug-likeness (QED) is 0.461. The van der Waals surface area contributed by atoms with Gasteiger partial charge < -0.3 is 18.9 Å². The van der Waals surface area contributed by atoms with Crippen molar-refractivity contribution in [2.24, 2.45) is 0 Å². The van der Waals surface area contributed by atoms with Gasteiger partial charge in [-0.15, -0.1) is 0 Å². The zero-order valence-electron chi connectivity index (χ0n) is 17.5. The highest BCUT2D eigenvalue weighted by atomic mass is 16.5. The number of benzene rings is 2. The van der Waals surface area contributed by atoms with Crippen molar-refractivity contribution in [1.82, 2.24) is 0 Å². The lowest BCUT2D eigenvalue weighted by Gasteiger charge is -2.37. The zero-order chi connectivity index (χ0) is 20.1. The third-order valence-electron chi connectivity index (χ3n) is 6.19. The van der Waals surface area contributed by atoms with Crippen molar-refractivity contribution < 1.29 is 18.9 Å². The summed E-state index contributed by atoms with van der Waals surface area (Å²) >= 11 is 0. The van der Waals surface area contributed by atoms with Gasteiger partial charge in [0.15, 0.2) is 0 Å². The molecule has 4 unspecified atom stereocenters. The van der Waals surface area contributed by atoms with E-state index in [1.165, 1.54) is 43.2 Å². The van der Waals surface area contributed by atoms with E-state index in [1.807, 2.05) is 24.3 Å². The molecule has 2 aliphatic rings. The summed E-state index contributed by atoms with van der Waals surface area (Å²) in [6.07, 6.45) is 9.78. The molecule has 29 heavy (non-hydrogen) atoms. The van der Waals surface area contributed by atoms with Crippen LogP contribution in [0.2, 0.25) is 0 Å². The maximum Gasteiger partial charge on any atom is 0.118 e. The zero-order valence-corrected chi connectivity index (χ0v) is 17.5. The molecule has 2 aliphatic heterocycles. The molecule has 4 rings (SSSR count). The van der Waals surface area contributed by atoms with Crippen molar-refractivity contribution in [3.05, 3.63) is 59.7 Å². The van der Waals surface area contributed by atoms with Crippen LogP contribution in [0, 0.1) is 0 Å². The van der Waals surface area contributed by atoms with Crippen LogP contribution in [0.5, 0.6) is 11.5 Å². The second-order valence-corrected chi connectivity index (χ2v) is 8.15. The van der Waals surface area contributed by atoms with Crippen LogP contribution in [0.25, 0.3) is 0 Å². The van der Waals surface area contributed by atoms with E-state index in [1.54, 1.807) is 14.2 Å². The third-order valence-corrected chi connectivity index (χ3v) is 6.19. The molecule has 4 nitrogen and oxygen atoms in total. The van der Waals surface area contributed by atoms with E-state index in [2.05, 4.69) is 24.3 Å². The molecule has 4 atom stereocenters. The molecule has 0 aliphatic carbocycles. The lowest BCUT2D eigenvalue weighted by atomic mass is 9.92. The minimum absolute atomic E-state index is 0.268. The number of methoxy groups -OCH3 is 2. The van der Waals surface area contributed by atoms with Crippen LogP contribution >= 0.6 is 0 Å². The molecule has 0 saturated carbocycles. The maximum atomic E-state index is 6.06. The standard InChI is InChI=1S/C25H32O4/c1-26-20-12-8-18(9-13-20)24-16-22(28-24)6-4-3-5-7-23-17-25(29-23)19-10-14-21(27-2)15-11-19/h8-15,22-25H,3-7,16-17H2,1-2H3. The topological polar surface area (TPSA) is 36.9 Å². The van der Waals surface area contributed by atoms with Gasteiger partial charge in [-0.25, -0.2) is 0 Å². The monoisotopic (exact) mass is 396 g/mol. The largest absolute Gasteiger partial charge is 0.497 e. The third kappa shape index (κ3) is 5.12. The van der Waals surface area contributed by atoms with Gasteiger partial charge in [0.2, 0.25) is 0 Å². The highest BCUT2D eigenvalue weighted by molar-refractivity contribution is 5.30. The number of hydrogen-bond acceptors (Lipinski definition) is 4. The van der Waals surface area contributed by atoms with Gasteiger partial charge in [-0.2, -0.15) is 0 Å². The van der Waals surface area contributed by atoms with Gasteiger partial charge in [-0.05, 0) is 48.2 Å². The summed E-state index contributed by atoms with van der Waals surface area (Å²) in [6.45, 7) is 0. The van der Waals surface area contributed by atoms with E-state index in [4.69, 9.17) is 18.9 Å². The molecule has 2 saturated heterocycles. The summed E-state index contributed by atoms with van der Waals surface area (Å²) < 4.78 is 22.5. The van der Waals surface area contributed by atoms with Gasteiger partial charge in [-0.3, -0.25) is 0 Å². The second kappa shape index (κ2) is 9.64. The fourth-order valence-corrected chi connectivity index (χ4v) is 4.28. The molecule has 0 amide bonds. The predicted molar refractivity (Wildman–Crippen MR) is 114 cm³/mol. The van der Waals surface area contributed by atoms with Gasteiger partial charge in [0.05, 0.1) is 38.6 Å². The van der Waals surface area contributed by atoms with Crippen molar-refractivity contribution in [1.29, 1.82) is 0 Å². The lowest BCUT2D eigenvalue weighted by molar-refractivity contribution is -0.133. The smallest absolute Gasteiger partial charge is 0.118 e. The Morgan fingerprint density at radius 1 is 0.655 bits per heavy atom. The maximum absolute atomic E-state index is 6.06. The first-order chi connectivity index (χ1) is 14.2. The summed E-state index contributed by atoms with van der Waals surface area (Å²) in [7, 11) is 3.39. The van der Waals surface area contributed by atoms with E-state index in [-0.39, 0.29) is 12.2 Å². The van der Waals surface area contributed by atoms with Crippen LogP contribution in [0.4, 0.5) is 0 Å². The van der Waals surface area contributed by atoms with Crippen LogP contribution in [-0.4, -0.2) is 26.4 Å². The fourth-order valence-electron chi connectivity index (χ4n) is 4.28. The number of hydrogen-bond donors (Lipinski definition) is 0. The Kier molecular flexibility index (Phi) is 6.73. The van der Waals surface area contributed by atoms with Crippen LogP contribution < -0.4 is 9.47 Å². The molecular weight excluding hydrogens is 364 g/mol. The molecule has 2 aromatic carbocycles. The van der Waals surface area contributed by atoms with Gasteiger partial charge in [0, 0.05) is 12.8 Å². The van der Waals surface area contributed by atoms with Gasteiger partial charge in [-0.1, -0.05) is 43.5 Å². The molecule has 2 fully saturated rings. The molecule has 0 aromatic heterocycles. The van der Waals surface area contributed by atoms with Crippen LogP contribution in [0.3, 0.4) is 0 Å². The van der Waals surface area contributed by atoms with Crippen LogP contribution in [0.15, 0.2) is 48.5 Å². The Bertz CT molecular complexity index is 678. The molecule has 4 heteroatoms. The highest BCUT2D eigenvalue weighted by Crippen LogP contribution is 2.39. The Morgan fingerprint density at radius 3 is 1.38 bits per heavy atom. The van der Waals surface area contributed by atoms with Crippen molar-refractivity contribution in [2.75, 3.05) is 14.2 Å². The molecule has 0 N–H and O–H groups in total. The van der Waals surface area contributed by atoms with E-state index >= 15 is 0 Å². The molecule has 0 radical (unpaired) electrons. The number of rotatable bonds is 10. The normalized spacial score (nSPS) is 25.7. The van der Waals surface area contributed by atoms with E-state index < -0.39 is 0 Å². The lowest BCUT2D eigenvalue weighted by Crippen LogP contribution is -2.31. The van der Waals surface area contributed by atoms with E-state index in [0.717, 1.165) is 24.3 Å². The van der Waals surface area contributed by atoms with Crippen molar-refractivity contribution in [3.8, 4) is 11.5 Å². The first kappa shape index (κ1) is 20.2. The molecule has 156 valence electrons. The molecule has 2 heterocycles. The predicted octanol–water partition coefficient (Wildman–Crippen LogP) is 6.01. The SMILES string of the molecule is COc1ccc(C2CC(CCCCCC3CC(c4ccc(OC)cc4)O3)O2)cc1. The first-order valence-corrected chi connectivity index (χ1v) is 10.8. The number of unbranched alkanes of at least 4 members (excludes halogenated alkanes) is 2. The Hall–Kier alpha value is -2.04. The van der Waals surface area contributed by atoms with E-state index in [9.17, 15) is 0 Å². The summed E-state index contributed by atoms with van der Waals surface area (Å²) in [4.78, 5) is 0. The summed E-state index contributed by atoms with van der Waals surface area (Å²) in [5, 5.41) is 0. The molecular formula is C25H32O4. The summed E-state index contributed by atoms with van der Waals surface area (Å²) in [5.74, 6) is 1.80. The minimum atomic E-state index is 0.268. The molecule has 0 spiro atoms. The van der Waals surface area contributed by atoms with Crippen molar-refractivity contribution in [3.63, 3.8) is 0 Å². The van der Waals surface area contributed by atoms with Gasteiger partial charge in [0.1, 0.15) is 11.5 Å². The summed E-state index contributed by atoms with van der Waals surface area (Å²) in [6, 6.07) is 16.5. The van der Waals surface area contributed by atoms with Crippen molar-refractivity contribution in [2.45, 2.75) is 69.4 Å². The highest BCUT2D eigenvalue weighted by Gasteiger charge is 2.32. The Labute approximate surface area is 174 Å². The summed E-state index contributed by atoms with van der Waals surface area (Å²) in [5.41, 5.74) is 2.52. The first-order valence-electron chi connectivity index (χ1n) is 10.8.